The Balaban J connectivity index is 1.91. The van der Waals surface area contributed by atoms with Gasteiger partial charge in [-0.15, -0.1) is 0 Å². The fourth-order valence-corrected chi connectivity index (χ4v) is 4.81. The largest absolute Gasteiger partial charge is 0.497 e. The topological polar surface area (TPSA) is 22.3 Å². The minimum absolute atomic E-state index is 0.597. The average molecular weight is 399 g/mol. The van der Waals surface area contributed by atoms with Crippen LogP contribution < -0.4 is 14.0 Å². The van der Waals surface area contributed by atoms with Gasteiger partial charge in [-0.3, -0.25) is 0 Å². The average Bonchev–Trinajstić information content (AvgIpc) is 2.70. The van der Waals surface area contributed by atoms with Gasteiger partial charge in [-0.1, -0.05) is 26.0 Å². The number of aryl methyl sites for hydroxylation is 2. The molecule has 4 aromatic rings. The van der Waals surface area contributed by atoms with Crippen molar-refractivity contribution in [3.05, 3.63) is 59.3 Å². The van der Waals surface area contributed by atoms with Crippen LogP contribution in [-0.2, 0) is 13.5 Å². The quantitative estimate of drug-likeness (QED) is 0.327. The fourth-order valence-electron chi connectivity index (χ4n) is 4.81. The van der Waals surface area contributed by atoms with E-state index in [0.29, 0.717) is 5.92 Å². The predicted molar refractivity (Wildman–Crippen MR) is 123 cm³/mol. The van der Waals surface area contributed by atoms with Gasteiger partial charge in [0.1, 0.15) is 18.5 Å². The Kier molecular flexibility index (Phi) is 4.25. The number of benzene rings is 3. The van der Waals surface area contributed by atoms with Gasteiger partial charge in [0.15, 0.2) is 6.20 Å². The van der Waals surface area contributed by atoms with Crippen molar-refractivity contribution in [3.8, 4) is 28.5 Å². The number of hydrogen-bond donors (Lipinski definition) is 0. The molecule has 2 heterocycles. The number of methoxy groups -OCH3 is 1. The molecule has 3 heteroatoms. The van der Waals surface area contributed by atoms with Gasteiger partial charge in [0.2, 0.25) is 5.75 Å². The summed E-state index contributed by atoms with van der Waals surface area (Å²) in [5.74, 6) is 3.31. The molecule has 152 valence electrons. The number of rotatable bonds is 3. The number of aromatic nitrogens is 1. The van der Waals surface area contributed by atoms with Gasteiger partial charge in [-0.25, -0.2) is 0 Å². The van der Waals surface area contributed by atoms with Crippen molar-refractivity contribution in [2.75, 3.05) is 7.11 Å². The molecule has 5 rings (SSSR count). The summed E-state index contributed by atoms with van der Waals surface area (Å²) in [6.45, 7) is 8.95. The maximum absolute atomic E-state index is 6.68. The first-order valence-electron chi connectivity index (χ1n) is 10.6. The zero-order valence-corrected chi connectivity index (χ0v) is 18.6. The van der Waals surface area contributed by atoms with E-state index in [1.54, 1.807) is 7.11 Å². The van der Waals surface area contributed by atoms with E-state index < -0.39 is 0 Å². The Morgan fingerprint density at radius 1 is 1.03 bits per heavy atom. The first-order chi connectivity index (χ1) is 14.4. The van der Waals surface area contributed by atoms with Crippen LogP contribution in [0.2, 0.25) is 0 Å². The summed E-state index contributed by atoms with van der Waals surface area (Å²) in [5.41, 5.74) is 6.36. The lowest BCUT2D eigenvalue weighted by atomic mass is 9.88. The summed E-state index contributed by atoms with van der Waals surface area (Å²) < 4.78 is 14.4. The van der Waals surface area contributed by atoms with E-state index in [0.717, 1.165) is 40.1 Å². The van der Waals surface area contributed by atoms with Gasteiger partial charge < -0.3 is 9.47 Å². The maximum atomic E-state index is 6.68. The molecule has 0 fully saturated rings. The van der Waals surface area contributed by atoms with Crippen LogP contribution in [0.5, 0.6) is 17.2 Å². The Morgan fingerprint density at radius 3 is 2.57 bits per heavy atom. The number of nitrogens with zero attached hydrogens (tertiary/aromatic N) is 1. The molecule has 0 unspecified atom stereocenters. The van der Waals surface area contributed by atoms with Gasteiger partial charge >= 0.3 is 0 Å². The molecule has 0 bridgehead atoms. The molecule has 1 aliphatic rings. The zero-order valence-electron chi connectivity index (χ0n) is 18.6. The van der Waals surface area contributed by atoms with Crippen molar-refractivity contribution in [1.82, 2.24) is 0 Å². The number of fused-ring (bicyclic) bond motifs is 4. The van der Waals surface area contributed by atoms with Crippen molar-refractivity contribution < 1.29 is 14.0 Å². The predicted octanol–water partition coefficient (Wildman–Crippen LogP) is 6.41. The van der Waals surface area contributed by atoms with Gasteiger partial charge in [-0.05, 0) is 72.5 Å². The molecule has 0 amide bonds. The highest BCUT2D eigenvalue weighted by Crippen LogP contribution is 2.50. The van der Waals surface area contributed by atoms with Gasteiger partial charge in [0, 0.05) is 16.2 Å². The third-order valence-electron chi connectivity index (χ3n) is 6.28. The van der Waals surface area contributed by atoms with E-state index in [-0.39, 0.29) is 0 Å². The van der Waals surface area contributed by atoms with Crippen LogP contribution in [0.25, 0.3) is 32.8 Å². The number of ether oxygens (including phenoxy) is 2. The molecule has 0 N–H and O–H groups in total. The monoisotopic (exact) mass is 398 g/mol. The highest BCUT2D eigenvalue weighted by Gasteiger charge is 2.32. The highest BCUT2D eigenvalue weighted by molar-refractivity contribution is 6.07. The summed E-state index contributed by atoms with van der Waals surface area (Å²) in [5, 5.41) is 4.70. The second-order valence-electron chi connectivity index (χ2n) is 8.96. The minimum Gasteiger partial charge on any atom is -0.497 e. The van der Waals surface area contributed by atoms with Gasteiger partial charge in [-0.2, -0.15) is 4.57 Å². The van der Waals surface area contributed by atoms with Crippen LogP contribution in [0.15, 0.2) is 42.6 Å². The third-order valence-corrected chi connectivity index (χ3v) is 6.28. The lowest BCUT2D eigenvalue weighted by Gasteiger charge is -2.24. The summed E-state index contributed by atoms with van der Waals surface area (Å²) in [4.78, 5) is 0. The van der Waals surface area contributed by atoms with E-state index in [9.17, 15) is 0 Å². The molecular formula is C27H28NO2+. The van der Waals surface area contributed by atoms with Crippen LogP contribution in [0.3, 0.4) is 0 Å². The maximum Gasteiger partial charge on any atom is 0.257 e. The standard InChI is InChI=1S/C27H28NO2/c1-15(2)9-18-11-20-10-16(3)17(4)24-25(20)23(12-18)30-27-22-13-21(29-6)8-7-19(22)14-28(5)26(24)27/h7-8,10-15H,9H2,1-6H3/q+1. The molecular weight excluding hydrogens is 370 g/mol. The third kappa shape index (κ3) is 2.76. The lowest BCUT2D eigenvalue weighted by Crippen LogP contribution is -2.32. The number of pyridine rings is 1. The molecule has 1 aliphatic heterocycles. The van der Waals surface area contributed by atoms with Crippen LogP contribution in [0.4, 0.5) is 0 Å². The molecule has 0 aliphatic carbocycles. The van der Waals surface area contributed by atoms with Crippen LogP contribution in [0, 0.1) is 19.8 Å². The molecule has 1 aromatic heterocycles. The second-order valence-corrected chi connectivity index (χ2v) is 8.96. The minimum atomic E-state index is 0.597. The normalized spacial score (nSPS) is 12.4. The molecule has 0 saturated carbocycles. The summed E-state index contributed by atoms with van der Waals surface area (Å²) in [6, 6.07) is 13.1. The second kappa shape index (κ2) is 6.73. The van der Waals surface area contributed by atoms with Crippen molar-refractivity contribution in [2.24, 2.45) is 13.0 Å². The smallest absolute Gasteiger partial charge is 0.257 e. The molecule has 3 aromatic carbocycles. The van der Waals surface area contributed by atoms with E-state index in [4.69, 9.17) is 9.47 Å². The SMILES string of the molecule is COc1ccc2c[n+](C)c3c(c2c1)Oc1cc(CC(C)C)cc2cc(C)c(C)c-3c12. The van der Waals surface area contributed by atoms with Crippen LogP contribution in [-0.4, -0.2) is 7.11 Å². The zero-order chi connectivity index (χ0) is 21.2. The molecule has 30 heavy (non-hydrogen) atoms. The van der Waals surface area contributed by atoms with Crippen LogP contribution >= 0.6 is 0 Å². The van der Waals surface area contributed by atoms with Gasteiger partial charge in [0.05, 0.1) is 12.7 Å². The molecule has 3 nitrogen and oxygen atoms in total. The van der Waals surface area contributed by atoms with Crippen LogP contribution in [0.1, 0.15) is 30.5 Å². The Morgan fingerprint density at radius 2 is 1.83 bits per heavy atom. The van der Waals surface area contributed by atoms with E-state index in [2.05, 4.69) is 75.8 Å². The molecule has 0 spiro atoms. The fraction of sp³-hybridized carbons (Fsp3) is 0.296. The molecule has 0 radical (unpaired) electrons. The Labute approximate surface area is 177 Å². The van der Waals surface area contributed by atoms with Crippen molar-refractivity contribution in [3.63, 3.8) is 0 Å². The van der Waals surface area contributed by atoms with Gasteiger partial charge in [0.25, 0.3) is 5.69 Å². The lowest BCUT2D eigenvalue weighted by molar-refractivity contribution is -0.659. The summed E-state index contributed by atoms with van der Waals surface area (Å²) in [6.07, 6.45) is 3.22. The van der Waals surface area contributed by atoms with E-state index in [1.165, 1.54) is 33.0 Å². The highest BCUT2D eigenvalue weighted by atomic mass is 16.5. The van der Waals surface area contributed by atoms with E-state index >= 15 is 0 Å². The van der Waals surface area contributed by atoms with Crippen molar-refractivity contribution in [2.45, 2.75) is 34.1 Å². The molecule has 0 atom stereocenters. The Bertz CT molecular complexity index is 1330. The van der Waals surface area contributed by atoms with Crippen molar-refractivity contribution >= 4 is 21.5 Å². The van der Waals surface area contributed by atoms with Crippen molar-refractivity contribution in [1.29, 1.82) is 0 Å². The number of hydrogen-bond acceptors (Lipinski definition) is 2. The summed E-state index contributed by atoms with van der Waals surface area (Å²) in [7, 11) is 3.82. The Hall–Kier alpha value is -3.07. The molecule has 0 saturated heterocycles. The van der Waals surface area contributed by atoms with E-state index in [1.807, 2.05) is 6.07 Å². The first kappa shape index (κ1) is 18.9. The first-order valence-corrected chi connectivity index (χ1v) is 10.6. The summed E-state index contributed by atoms with van der Waals surface area (Å²) >= 11 is 0.